The van der Waals surface area contributed by atoms with Crippen LogP contribution in [0, 0.1) is 13.8 Å². The van der Waals surface area contributed by atoms with Crippen LogP contribution in [0.25, 0.3) is 11.0 Å². The Morgan fingerprint density at radius 1 is 1.10 bits per heavy atom. The van der Waals surface area contributed by atoms with Crippen LogP contribution in [0.3, 0.4) is 0 Å². The molecule has 0 saturated carbocycles. The van der Waals surface area contributed by atoms with Crippen LogP contribution in [0.2, 0.25) is 0 Å². The summed E-state index contributed by atoms with van der Waals surface area (Å²) < 4.78 is 10.4. The highest BCUT2D eigenvalue weighted by Crippen LogP contribution is 2.24. The first kappa shape index (κ1) is 14.7. The van der Waals surface area contributed by atoms with Gasteiger partial charge in [-0.2, -0.15) is 0 Å². The maximum Gasteiger partial charge on any atom is 0.143 e. The molecule has 1 N–H and O–H groups in total. The molecule has 20 heavy (non-hydrogen) atoms. The first-order chi connectivity index (χ1) is 9.65. The van der Waals surface area contributed by atoms with Crippen molar-refractivity contribution >= 4 is 16.9 Å². The third-order valence-electron chi connectivity index (χ3n) is 3.14. The summed E-state index contributed by atoms with van der Waals surface area (Å²) in [5.41, 5.74) is 1.96. The molecule has 0 aromatic carbocycles. The molecule has 2 aromatic heterocycles. The van der Waals surface area contributed by atoms with E-state index >= 15 is 0 Å². The summed E-state index contributed by atoms with van der Waals surface area (Å²) in [6.45, 7) is 6.78. The number of ether oxygens (including phenoxy) is 2. The summed E-state index contributed by atoms with van der Waals surface area (Å²) in [6, 6.07) is 2.08. The minimum Gasteiger partial charge on any atom is -0.383 e. The van der Waals surface area contributed by atoms with Gasteiger partial charge in [-0.1, -0.05) is 0 Å². The lowest BCUT2D eigenvalue weighted by atomic mass is 10.3. The Morgan fingerprint density at radius 2 is 1.75 bits per heavy atom. The molecule has 6 nitrogen and oxygen atoms in total. The maximum atomic E-state index is 5.19. The number of fused-ring (bicyclic) bond motifs is 1. The van der Waals surface area contributed by atoms with Crippen LogP contribution in [0.1, 0.15) is 11.5 Å². The summed E-state index contributed by atoms with van der Waals surface area (Å²) in [7, 11) is 3.41. The maximum absolute atomic E-state index is 5.19. The summed E-state index contributed by atoms with van der Waals surface area (Å²) in [5, 5.41) is 1.04. The molecule has 0 fully saturated rings. The fourth-order valence-electron chi connectivity index (χ4n) is 2.20. The molecule has 0 amide bonds. The van der Waals surface area contributed by atoms with Crippen molar-refractivity contribution in [2.24, 2.45) is 0 Å². The second-order valence-electron chi connectivity index (χ2n) is 4.78. The number of nitrogens with one attached hydrogen (secondary N) is 1. The molecular weight excluding hydrogens is 256 g/mol. The normalized spacial score (nSPS) is 11.2. The quantitative estimate of drug-likeness (QED) is 0.834. The van der Waals surface area contributed by atoms with Crippen molar-refractivity contribution in [3.63, 3.8) is 0 Å². The second-order valence-corrected chi connectivity index (χ2v) is 4.78. The average molecular weight is 278 g/mol. The highest BCUT2D eigenvalue weighted by molar-refractivity contribution is 5.88. The molecule has 0 aliphatic heterocycles. The van der Waals surface area contributed by atoms with E-state index in [0.717, 1.165) is 41.5 Å². The van der Waals surface area contributed by atoms with Crippen molar-refractivity contribution < 1.29 is 9.47 Å². The van der Waals surface area contributed by atoms with E-state index in [4.69, 9.17) is 9.47 Å². The standard InChI is InChI=1S/C14H22N4O2/c1-10-9-12-13(15-10)16-11(2)17-14(12)18(5-7-19-3)6-8-20-4/h9H,5-8H2,1-4H3,(H,15,16,17). The highest BCUT2D eigenvalue weighted by atomic mass is 16.5. The Morgan fingerprint density at radius 3 is 2.35 bits per heavy atom. The van der Waals surface area contributed by atoms with Crippen LogP contribution in [0.15, 0.2) is 6.07 Å². The molecule has 0 atom stereocenters. The van der Waals surface area contributed by atoms with Crippen molar-refractivity contribution in [3.8, 4) is 0 Å². The van der Waals surface area contributed by atoms with E-state index in [-0.39, 0.29) is 0 Å². The lowest BCUT2D eigenvalue weighted by Crippen LogP contribution is -2.31. The van der Waals surface area contributed by atoms with E-state index in [0.29, 0.717) is 13.2 Å². The fourth-order valence-corrected chi connectivity index (χ4v) is 2.20. The summed E-state index contributed by atoms with van der Waals surface area (Å²) >= 11 is 0. The van der Waals surface area contributed by atoms with Gasteiger partial charge in [0.25, 0.3) is 0 Å². The molecule has 0 radical (unpaired) electrons. The SMILES string of the molecule is COCCN(CCOC)c1nc(C)nc2[nH]c(C)cc12. The molecule has 0 aliphatic rings. The van der Waals surface area contributed by atoms with Gasteiger partial charge in [0.1, 0.15) is 17.3 Å². The number of aromatic nitrogens is 3. The number of anilines is 1. The van der Waals surface area contributed by atoms with Gasteiger partial charge in [0.05, 0.1) is 18.6 Å². The van der Waals surface area contributed by atoms with Crippen LogP contribution in [-0.4, -0.2) is 55.5 Å². The third kappa shape index (κ3) is 3.26. The van der Waals surface area contributed by atoms with Gasteiger partial charge >= 0.3 is 0 Å². The van der Waals surface area contributed by atoms with Gasteiger partial charge in [-0.05, 0) is 19.9 Å². The van der Waals surface area contributed by atoms with Crippen LogP contribution >= 0.6 is 0 Å². The van der Waals surface area contributed by atoms with E-state index in [1.165, 1.54) is 0 Å². The molecule has 2 rings (SSSR count). The topological polar surface area (TPSA) is 63.3 Å². The van der Waals surface area contributed by atoms with E-state index in [1.807, 2.05) is 13.8 Å². The number of H-pyrrole nitrogens is 1. The van der Waals surface area contributed by atoms with Crippen LogP contribution in [-0.2, 0) is 9.47 Å². The number of hydrogen-bond acceptors (Lipinski definition) is 5. The number of aromatic amines is 1. The highest BCUT2D eigenvalue weighted by Gasteiger charge is 2.15. The molecule has 0 bridgehead atoms. The Kier molecular flexibility index (Phi) is 4.92. The lowest BCUT2D eigenvalue weighted by molar-refractivity contribution is 0.190. The van der Waals surface area contributed by atoms with Crippen LogP contribution < -0.4 is 4.90 Å². The molecule has 110 valence electrons. The second kappa shape index (κ2) is 6.67. The molecule has 0 unspecified atom stereocenters. The van der Waals surface area contributed by atoms with Gasteiger partial charge in [0.15, 0.2) is 0 Å². The first-order valence-electron chi connectivity index (χ1n) is 6.72. The minimum atomic E-state index is 0.650. The Hall–Kier alpha value is -1.66. The largest absolute Gasteiger partial charge is 0.383 e. The smallest absolute Gasteiger partial charge is 0.143 e. The van der Waals surface area contributed by atoms with Gasteiger partial charge in [0.2, 0.25) is 0 Å². The summed E-state index contributed by atoms with van der Waals surface area (Å²) in [6.07, 6.45) is 0. The predicted octanol–water partition coefficient (Wildman–Crippen LogP) is 1.67. The average Bonchev–Trinajstić information content (AvgIpc) is 2.78. The number of methoxy groups -OCH3 is 2. The van der Waals surface area contributed by atoms with Crippen LogP contribution in [0.4, 0.5) is 5.82 Å². The monoisotopic (exact) mass is 278 g/mol. The van der Waals surface area contributed by atoms with Gasteiger partial charge in [-0.3, -0.25) is 0 Å². The van der Waals surface area contributed by atoms with Crippen molar-refractivity contribution in [1.29, 1.82) is 0 Å². The van der Waals surface area contributed by atoms with Gasteiger partial charge in [-0.15, -0.1) is 0 Å². The number of aryl methyl sites for hydroxylation is 2. The molecule has 2 heterocycles. The van der Waals surface area contributed by atoms with Gasteiger partial charge in [-0.25, -0.2) is 9.97 Å². The Labute approximate surface area is 119 Å². The molecule has 0 saturated heterocycles. The van der Waals surface area contributed by atoms with Crippen molar-refractivity contribution in [2.45, 2.75) is 13.8 Å². The summed E-state index contributed by atoms with van der Waals surface area (Å²) in [5.74, 6) is 1.69. The third-order valence-corrected chi connectivity index (χ3v) is 3.14. The molecule has 2 aromatic rings. The summed E-state index contributed by atoms with van der Waals surface area (Å²) in [4.78, 5) is 14.5. The first-order valence-corrected chi connectivity index (χ1v) is 6.72. The van der Waals surface area contributed by atoms with Gasteiger partial charge in [0, 0.05) is 33.0 Å². The zero-order valence-electron chi connectivity index (χ0n) is 12.6. The number of nitrogens with zero attached hydrogens (tertiary/aromatic N) is 3. The van der Waals surface area contributed by atoms with Crippen molar-refractivity contribution in [2.75, 3.05) is 45.4 Å². The van der Waals surface area contributed by atoms with E-state index in [2.05, 4.69) is 25.9 Å². The molecule has 6 heteroatoms. The minimum absolute atomic E-state index is 0.650. The van der Waals surface area contributed by atoms with E-state index in [9.17, 15) is 0 Å². The predicted molar refractivity (Wildman–Crippen MR) is 79.3 cm³/mol. The lowest BCUT2D eigenvalue weighted by Gasteiger charge is -2.23. The number of rotatable bonds is 7. The van der Waals surface area contributed by atoms with Crippen molar-refractivity contribution in [1.82, 2.24) is 15.0 Å². The zero-order chi connectivity index (χ0) is 14.5. The van der Waals surface area contributed by atoms with E-state index < -0.39 is 0 Å². The van der Waals surface area contributed by atoms with Gasteiger partial charge < -0.3 is 19.4 Å². The molecule has 0 spiro atoms. The Balaban J connectivity index is 2.39. The Bertz CT molecular complexity index is 560. The number of hydrogen-bond donors (Lipinski definition) is 1. The van der Waals surface area contributed by atoms with Crippen LogP contribution in [0.5, 0.6) is 0 Å². The molecular formula is C14H22N4O2. The molecule has 0 aliphatic carbocycles. The van der Waals surface area contributed by atoms with E-state index in [1.54, 1.807) is 14.2 Å². The fraction of sp³-hybridized carbons (Fsp3) is 0.571. The van der Waals surface area contributed by atoms with Crippen molar-refractivity contribution in [3.05, 3.63) is 17.6 Å². The zero-order valence-corrected chi connectivity index (χ0v) is 12.6.